The molecule has 106 valence electrons. The molecule has 0 radical (unpaired) electrons. The number of pyridine rings is 1. The Morgan fingerprint density at radius 1 is 1.25 bits per heavy atom. The van der Waals surface area contributed by atoms with Crippen molar-refractivity contribution >= 4 is 0 Å². The highest BCUT2D eigenvalue weighted by molar-refractivity contribution is 5.64. The Morgan fingerprint density at radius 3 is 2.70 bits per heavy atom. The van der Waals surface area contributed by atoms with Crippen LogP contribution in [-0.2, 0) is 0 Å². The van der Waals surface area contributed by atoms with E-state index in [0.717, 1.165) is 23.1 Å². The number of benzene rings is 1. The van der Waals surface area contributed by atoms with Crippen molar-refractivity contribution in [3.05, 3.63) is 48.0 Å². The molecule has 1 aromatic heterocycles. The van der Waals surface area contributed by atoms with Crippen LogP contribution < -0.4 is 10.5 Å². The number of nitrogens with two attached hydrogens (primary N) is 1. The molecule has 20 heavy (non-hydrogen) atoms. The topological polar surface area (TPSA) is 48.1 Å². The molecule has 1 aromatic carbocycles. The first-order chi connectivity index (χ1) is 9.65. The van der Waals surface area contributed by atoms with Gasteiger partial charge in [0.05, 0.1) is 7.11 Å². The minimum atomic E-state index is -0.370. The predicted molar refractivity (Wildman–Crippen MR) is 78.3 cm³/mol. The molecule has 0 aliphatic rings. The minimum Gasteiger partial charge on any atom is -0.494 e. The van der Waals surface area contributed by atoms with Crippen LogP contribution in [0.5, 0.6) is 5.75 Å². The van der Waals surface area contributed by atoms with Crippen LogP contribution in [0, 0.1) is 5.82 Å². The van der Waals surface area contributed by atoms with Crippen molar-refractivity contribution < 1.29 is 9.13 Å². The molecule has 1 atom stereocenters. The van der Waals surface area contributed by atoms with Gasteiger partial charge in [-0.05, 0) is 48.2 Å². The number of hydrogen-bond donors (Lipinski definition) is 1. The van der Waals surface area contributed by atoms with Crippen molar-refractivity contribution in [2.75, 3.05) is 13.7 Å². The van der Waals surface area contributed by atoms with Gasteiger partial charge in [-0.3, -0.25) is 4.98 Å². The maximum absolute atomic E-state index is 13.8. The van der Waals surface area contributed by atoms with Gasteiger partial charge >= 0.3 is 0 Å². The molecule has 0 aliphatic carbocycles. The Labute approximate surface area is 118 Å². The third-order valence-corrected chi connectivity index (χ3v) is 3.41. The molecule has 4 heteroatoms. The van der Waals surface area contributed by atoms with Gasteiger partial charge in [-0.2, -0.15) is 0 Å². The van der Waals surface area contributed by atoms with E-state index in [2.05, 4.69) is 11.9 Å². The van der Waals surface area contributed by atoms with E-state index in [1.807, 2.05) is 18.3 Å². The Kier molecular flexibility index (Phi) is 4.69. The van der Waals surface area contributed by atoms with Crippen LogP contribution in [-0.4, -0.2) is 18.6 Å². The average Bonchev–Trinajstić information content (AvgIpc) is 2.47. The van der Waals surface area contributed by atoms with Crippen LogP contribution in [0.15, 0.2) is 36.7 Å². The second-order valence-corrected chi connectivity index (χ2v) is 4.83. The van der Waals surface area contributed by atoms with Crippen molar-refractivity contribution in [1.82, 2.24) is 4.98 Å². The standard InChI is InChI=1S/C16H19FN2O/c1-11(5-6-18)13-7-14(10-19-9-13)12-3-4-16(20-2)15(17)8-12/h3-4,7-11H,5-6,18H2,1-2H3. The molecular weight excluding hydrogens is 255 g/mol. The Morgan fingerprint density at radius 2 is 2.05 bits per heavy atom. The lowest BCUT2D eigenvalue weighted by atomic mass is 9.96. The van der Waals surface area contributed by atoms with Gasteiger partial charge in [0.25, 0.3) is 0 Å². The van der Waals surface area contributed by atoms with Crippen molar-refractivity contribution in [3.63, 3.8) is 0 Å². The van der Waals surface area contributed by atoms with Crippen LogP contribution in [0.1, 0.15) is 24.8 Å². The summed E-state index contributed by atoms with van der Waals surface area (Å²) in [4.78, 5) is 4.24. The molecule has 0 spiro atoms. The number of ether oxygens (including phenoxy) is 1. The number of rotatable bonds is 5. The van der Waals surface area contributed by atoms with Gasteiger partial charge in [-0.25, -0.2) is 4.39 Å². The predicted octanol–water partition coefficient (Wildman–Crippen LogP) is 3.35. The maximum atomic E-state index is 13.8. The lowest BCUT2D eigenvalue weighted by Gasteiger charge is -2.12. The van der Waals surface area contributed by atoms with Crippen LogP contribution >= 0.6 is 0 Å². The fourth-order valence-electron chi connectivity index (χ4n) is 2.15. The monoisotopic (exact) mass is 274 g/mol. The summed E-state index contributed by atoms with van der Waals surface area (Å²) in [6.07, 6.45) is 4.48. The maximum Gasteiger partial charge on any atom is 0.165 e. The van der Waals surface area contributed by atoms with E-state index in [9.17, 15) is 4.39 Å². The third kappa shape index (κ3) is 3.14. The van der Waals surface area contributed by atoms with Crippen molar-refractivity contribution in [3.8, 4) is 16.9 Å². The first-order valence-electron chi connectivity index (χ1n) is 6.64. The Bertz CT molecular complexity index is 586. The first kappa shape index (κ1) is 14.5. The van der Waals surface area contributed by atoms with Gasteiger partial charge in [0.1, 0.15) is 0 Å². The van der Waals surface area contributed by atoms with E-state index >= 15 is 0 Å². The van der Waals surface area contributed by atoms with E-state index in [1.165, 1.54) is 13.2 Å². The van der Waals surface area contributed by atoms with E-state index in [0.29, 0.717) is 12.5 Å². The molecule has 0 bridgehead atoms. The number of aromatic nitrogens is 1. The van der Waals surface area contributed by atoms with Gasteiger partial charge in [0.2, 0.25) is 0 Å². The zero-order valence-electron chi connectivity index (χ0n) is 11.8. The lowest BCUT2D eigenvalue weighted by molar-refractivity contribution is 0.386. The zero-order valence-corrected chi connectivity index (χ0v) is 11.8. The zero-order chi connectivity index (χ0) is 14.5. The number of nitrogens with zero attached hydrogens (tertiary/aromatic N) is 1. The van der Waals surface area contributed by atoms with Crippen LogP contribution in [0.4, 0.5) is 4.39 Å². The summed E-state index contributed by atoms with van der Waals surface area (Å²) in [5.74, 6) is 0.218. The smallest absolute Gasteiger partial charge is 0.165 e. The molecule has 2 N–H and O–H groups in total. The fraction of sp³-hybridized carbons (Fsp3) is 0.312. The highest BCUT2D eigenvalue weighted by atomic mass is 19.1. The molecule has 1 unspecified atom stereocenters. The summed E-state index contributed by atoms with van der Waals surface area (Å²) >= 11 is 0. The largest absolute Gasteiger partial charge is 0.494 e. The van der Waals surface area contributed by atoms with Gasteiger partial charge < -0.3 is 10.5 Å². The summed E-state index contributed by atoms with van der Waals surface area (Å²) in [6, 6.07) is 6.96. The highest BCUT2D eigenvalue weighted by Gasteiger charge is 2.09. The van der Waals surface area contributed by atoms with Crippen LogP contribution in [0.2, 0.25) is 0 Å². The third-order valence-electron chi connectivity index (χ3n) is 3.41. The quantitative estimate of drug-likeness (QED) is 0.909. The van der Waals surface area contributed by atoms with Gasteiger partial charge in [-0.15, -0.1) is 0 Å². The van der Waals surface area contributed by atoms with Crippen LogP contribution in [0.3, 0.4) is 0 Å². The summed E-state index contributed by atoms with van der Waals surface area (Å²) in [7, 11) is 1.45. The van der Waals surface area contributed by atoms with E-state index < -0.39 is 0 Å². The average molecular weight is 274 g/mol. The summed E-state index contributed by atoms with van der Waals surface area (Å²) < 4.78 is 18.7. The summed E-state index contributed by atoms with van der Waals surface area (Å²) in [5.41, 5.74) is 8.38. The molecule has 2 rings (SSSR count). The number of halogens is 1. The molecule has 0 fully saturated rings. The van der Waals surface area contributed by atoms with Crippen molar-refractivity contribution in [2.45, 2.75) is 19.3 Å². The van der Waals surface area contributed by atoms with E-state index in [4.69, 9.17) is 10.5 Å². The first-order valence-corrected chi connectivity index (χ1v) is 6.64. The molecule has 3 nitrogen and oxygen atoms in total. The highest BCUT2D eigenvalue weighted by Crippen LogP contribution is 2.27. The number of hydrogen-bond acceptors (Lipinski definition) is 3. The fourth-order valence-corrected chi connectivity index (χ4v) is 2.15. The van der Waals surface area contributed by atoms with Crippen molar-refractivity contribution in [2.24, 2.45) is 5.73 Å². The van der Waals surface area contributed by atoms with Crippen molar-refractivity contribution in [1.29, 1.82) is 0 Å². The Balaban J connectivity index is 2.33. The minimum absolute atomic E-state index is 0.245. The normalized spacial score (nSPS) is 12.2. The Hall–Kier alpha value is -1.94. The SMILES string of the molecule is COc1ccc(-c2cncc(C(C)CCN)c2)cc1F. The van der Waals surface area contributed by atoms with Gasteiger partial charge in [-0.1, -0.05) is 13.0 Å². The number of methoxy groups -OCH3 is 1. The summed E-state index contributed by atoms with van der Waals surface area (Å²) in [6.45, 7) is 2.75. The molecule has 0 amide bonds. The lowest BCUT2D eigenvalue weighted by Crippen LogP contribution is -2.04. The van der Waals surface area contributed by atoms with Crippen LogP contribution in [0.25, 0.3) is 11.1 Å². The molecule has 0 saturated carbocycles. The second kappa shape index (κ2) is 6.48. The molecule has 0 aliphatic heterocycles. The molecule has 1 heterocycles. The van der Waals surface area contributed by atoms with Gasteiger partial charge in [0, 0.05) is 18.0 Å². The molecular formula is C16H19FN2O. The van der Waals surface area contributed by atoms with E-state index in [-0.39, 0.29) is 11.6 Å². The van der Waals surface area contributed by atoms with E-state index in [1.54, 1.807) is 12.3 Å². The summed E-state index contributed by atoms with van der Waals surface area (Å²) in [5, 5.41) is 0. The second-order valence-electron chi connectivity index (χ2n) is 4.83. The molecule has 0 saturated heterocycles. The molecule has 2 aromatic rings. The van der Waals surface area contributed by atoms with Gasteiger partial charge in [0.15, 0.2) is 11.6 Å².